The van der Waals surface area contributed by atoms with Crippen molar-refractivity contribution in [3.63, 3.8) is 0 Å². The van der Waals surface area contributed by atoms with Crippen LogP contribution in [0, 0.1) is 0 Å². The monoisotopic (exact) mass is 864 g/mol. The largest absolute Gasteiger partial charge is 0.312 e. The highest BCUT2D eigenvalue weighted by Crippen LogP contribution is 2.55. The summed E-state index contributed by atoms with van der Waals surface area (Å²) in [5.74, 6) is 3.60. The number of fused-ring (bicyclic) bond motifs is 6. The van der Waals surface area contributed by atoms with Crippen molar-refractivity contribution in [2.45, 2.75) is 0 Å². The molecule has 0 aliphatic heterocycles. The van der Waals surface area contributed by atoms with Gasteiger partial charge in [0.05, 0.1) is 0 Å². The van der Waals surface area contributed by atoms with Crippen LogP contribution in [0.25, 0.3) is 135 Å². The van der Waals surface area contributed by atoms with Crippen molar-refractivity contribution in [1.82, 2.24) is 87.2 Å². The number of aromatic nitrogens is 18. The third kappa shape index (κ3) is 5.11. The van der Waals surface area contributed by atoms with E-state index in [2.05, 4.69) is 0 Å². The van der Waals surface area contributed by atoms with Crippen molar-refractivity contribution in [3.05, 3.63) is 110 Å². The van der Waals surface area contributed by atoms with Crippen LogP contribution < -0.4 is 0 Å². The van der Waals surface area contributed by atoms with Crippen molar-refractivity contribution >= 4 is 67.0 Å². The molecule has 12 heterocycles. The average molecular weight is 865 g/mol. The summed E-state index contributed by atoms with van der Waals surface area (Å²) < 4.78 is 12.2. The van der Waals surface area contributed by atoms with Crippen LogP contribution in [-0.4, -0.2) is 87.2 Å². The van der Waals surface area contributed by atoms with E-state index in [0.29, 0.717) is 135 Å². The molecule has 12 aromatic heterocycles. The normalized spacial score (nSPS) is 12.1. The number of nitrogens with zero attached hydrogens (tertiary/aromatic N) is 18. The zero-order valence-corrected chi connectivity index (χ0v) is 36.4. The lowest BCUT2D eigenvalue weighted by Crippen LogP contribution is -2.12. The van der Waals surface area contributed by atoms with Crippen molar-refractivity contribution in [1.29, 1.82) is 0 Å². The number of rotatable bonds is 6. The summed E-state index contributed by atoms with van der Waals surface area (Å²) in [6.45, 7) is 0. The number of pyridine rings is 6. The minimum atomic E-state index is 0.600. The second kappa shape index (κ2) is 13.7. The van der Waals surface area contributed by atoms with Gasteiger partial charge in [-0.3, -0.25) is 0 Å². The van der Waals surface area contributed by atoms with Crippen LogP contribution >= 0.6 is 0 Å². The van der Waals surface area contributed by atoms with Crippen LogP contribution in [0.3, 0.4) is 0 Å². The summed E-state index contributed by atoms with van der Waals surface area (Å²) in [6, 6.07) is 23.2. The first-order valence-electron chi connectivity index (χ1n) is 21.2. The quantitative estimate of drug-likeness (QED) is 0.162. The minimum Gasteiger partial charge on any atom is -0.312 e. The highest BCUT2D eigenvalue weighted by atomic mass is 15.2. The van der Waals surface area contributed by atoms with Crippen molar-refractivity contribution < 1.29 is 0 Å². The Bertz CT molecular complexity index is 3450. The van der Waals surface area contributed by atoms with Gasteiger partial charge >= 0.3 is 0 Å². The summed E-state index contributed by atoms with van der Waals surface area (Å²) in [6.07, 6.45) is 10.7. The molecule has 18 nitrogen and oxygen atoms in total. The summed E-state index contributed by atoms with van der Waals surface area (Å²) in [4.78, 5) is 61.9. The van der Waals surface area contributed by atoms with Crippen LogP contribution in [0.4, 0.5) is 0 Å². The molecular formula is C48H36N18. The van der Waals surface area contributed by atoms with E-state index in [-0.39, 0.29) is 0 Å². The molecule has 13 rings (SSSR count). The second-order valence-electron chi connectivity index (χ2n) is 16.3. The zero-order valence-electron chi connectivity index (χ0n) is 36.4. The molecule has 0 atom stereocenters. The maximum absolute atomic E-state index is 5.46. The third-order valence-corrected chi connectivity index (χ3v) is 12.6. The van der Waals surface area contributed by atoms with Gasteiger partial charge in [0.25, 0.3) is 0 Å². The van der Waals surface area contributed by atoms with Gasteiger partial charge in [-0.05, 0) is 72.8 Å². The third-order valence-electron chi connectivity index (χ3n) is 12.6. The Morgan fingerprint density at radius 2 is 0.394 bits per heavy atom. The highest BCUT2D eigenvalue weighted by molar-refractivity contribution is 6.14. The Balaban J connectivity index is 1.39. The van der Waals surface area contributed by atoms with E-state index in [0.717, 1.165) is 0 Å². The molecule has 18 heteroatoms. The first kappa shape index (κ1) is 37.5. The average Bonchev–Trinajstić information content (AvgIpc) is 4.19. The van der Waals surface area contributed by atoms with E-state index >= 15 is 0 Å². The molecule has 0 radical (unpaired) electrons. The molecule has 318 valence electrons. The predicted molar refractivity (Wildman–Crippen MR) is 251 cm³/mol. The van der Waals surface area contributed by atoms with E-state index in [9.17, 15) is 0 Å². The fraction of sp³-hybridized carbons (Fsp3) is 0.125. The number of hydrogen-bond acceptors (Lipinski definition) is 12. The summed E-state index contributed by atoms with van der Waals surface area (Å²) in [7, 11) is 11.9. The summed E-state index contributed by atoms with van der Waals surface area (Å²) in [5, 5.41) is 0. The molecule has 0 saturated heterocycles. The van der Waals surface area contributed by atoms with Gasteiger partial charge in [0.15, 0.2) is 33.9 Å². The van der Waals surface area contributed by atoms with Gasteiger partial charge in [-0.15, -0.1) is 0 Å². The molecule has 0 aliphatic rings. The highest BCUT2D eigenvalue weighted by Gasteiger charge is 2.39. The van der Waals surface area contributed by atoms with E-state index in [1.165, 1.54) is 0 Å². The minimum absolute atomic E-state index is 0.600. The predicted octanol–water partition coefficient (Wildman–Crippen LogP) is 7.38. The van der Waals surface area contributed by atoms with Gasteiger partial charge in [-0.2, -0.15) is 0 Å². The smallest absolute Gasteiger partial charge is 0.159 e. The topological polar surface area (TPSA) is 184 Å². The van der Waals surface area contributed by atoms with Crippen molar-refractivity contribution in [2.75, 3.05) is 0 Å². The van der Waals surface area contributed by atoms with Gasteiger partial charge in [0.1, 0.15) is 68.0 Å². The van der Waals surface area contributed by atoms with Gasteiger partial charge in [-0.1, -0.05) is 0 Å². The molecule has 0 fully saturated rings. The van der Waals surface area contributed by atoms with Crippen molar-refractivity contribution in [3.8, 4) is 68.3 Å². The zero-order chi connectivity index (χ0) is 44.5. The van der Waals surface area contributed by atoms with Gasteiger partial charge in [-0.25, -0.2) is 59.8 Å². The van der Waals surface area contributed by atoms with E-state index < -0.39 is 0 Å². The Morgan fingerprint density at radius 3 is 0.530 bits per heavy atom. The Labute approximate surface area is 373 Å². The second-order valence-corrected chi connectivity index (χ2v) is 16.3. The maximum atomic E-state index is 5.46. The Kier molecular flexibility index (Phi) is 7.79. The summed E-state index contributed by atoms with van der Waals surface area (Å²) >= 11 is 0. The molecule has 0 saturated carbocycles. The van der Waals surface area contributed by atoms with E-state index in [1.54, 1.807) is 37.2 Å². The lowest BCUT2D eigenvalue weighted by molar-refractivity contribution is 0.912. The van der Waals surface area contributed by atoms with Crippen LogP contribution in [0.15, 0.2) is 110 Å². The molecule has 1 aromatic carbocycles. The van der Waals surface area contributed by atoms with Gasteiger partial charge < -0.3 is 27.4 Å². The Hall–Kier alpha value is -9.06. The first-order chi connectivity index (χ1) is 32.3. The molecule has 0 aliphatic carbocycles. The lowest BCUT2D eigenvalue weighted by atomic mass is 9.83. The fourth-order valence-corrected chi connectivity index (χ4v) is 9.57. The Morgan fingerprint density at radius 1 is 0.242 bits per heavy atom. The lowest BCUT2D eigenvalue weighted by Gasteiger charge is -2.26. The number of aryl methyl sites for hydroxylation is 6. The molecule has 0 N–H and O–H groups in total. The van der Waals surface area contributed by atoms with Gasteiger partial charge in [0, 0.05) is 113 Å². The van der Waals surface area contributed by atoms with Crippen LogP contribution in [-0.2, 0) is 42.3 Å². The fourth-order valence-electron chi connectivity index (χ4n) is 9.57. The SMILES string of the molecule is Cn1c(-c2c(-c3nc4cccnc4n3C)c(-c3nc4cccnc4n3C)c(-c3nc4cccnc4n3C)c(-c3nc4cccnc4n3C)c2-c2nc3cccnc3n2C)nc2cccnc21. The van der Waals surface area contributed by atoms with Crippen LogP contribution in [0.2, 0.25) is 0 Å². The number of benzene rings is 1. The molecule has 66 heavy (non-hydrogen) atoms. The van der Waals surface area contributed by atoms with Gasteiger partial charge in [0.2, 0.25) is 0 Å². The molecule has 13 aromatic rings. The van der Waals surface area contributed by atoms with Crippen molar-refractivity contribution in [2.24, 2.45) is 42.3 Å². The standard InChI is InChI=1S/C48H36N18/c1-61-37-25(13-7-19-49-37)55-43(61)31-32(44-56-26-14-8-20-50-38(26)62(44)2)34(46-58-28-16-10-22-52-40(28)64(46)4)36(48-60-30-18-12-24-54-42(30)66(48)6)35(47-59-29-17-11-23-53-41(29)65(47)5)33(31)45-57-27-15-9-21-51-39(27)63(45)3/h7-24H,1-6H3. The molecule has 0 bridgehead atoms. The number of imidazole rings is 6. The molecule has 0 amide bonds. The molecule has 0 spiro atoms. The first-order valence-corrected chi connectivity index (χ1v) is 21.2. The van der Waals surface area contributed by atoms with E-state index in [1.807, 2.05) is 142 Å². The maximum Gasteiger partial charge on any atom is 0.159 e. The van der Waals surface area contributed by atoms with E-state index in [4.69, 9.17) is 59.8 Å². The summed E-state index contributed by atoms with van der Waals surface area (Å²) in [5.41, 5.74) is 12.5. The molecular weight excluding hydrogens is 829 g/mol. The number of hydrogen-bond donors (Lipinski definition) is 0. The van der Waals surface area contributed by atoms with Crippen LogP contribution in [0.1, 0.15) is 0 Å². The molecule has 0 unspecified atom stereocenters. The van der Waals surface area contributed by atoms with Crippen LogP contribution in [0.5, 0.6) is 0 Å².